The molecule has 2 amide bonds. The lowest BCUT2D eigenvalue weighted by Gasteiger charge is -2.19. The molecule has 0 aromatic heterocycles. The summed E-state index contributed by atoms with van der Waals surface area (Å²) >= 11 is 0. The van der Waals surface area contributed by atoms with Crippen molar-refractivity contribution < 1.29 is 23.5 Å². The van der Waals surface area contributed by atoms with Crippen LogP contribution in [0.1, 0.15) is 30.4 Å². The first-order valence-corrected chi connectivity index (χ1v) is 9.20. The molecule has 28 heavy (non-hydrogen) atoms. The van der Waals surface area contributed by atoms with E-state index in [1.165, 1.54) is 17.0 Å². The summed E-state index contributed by atoms with van der Waals surface area (Å²) in [6, 6.07) is 15.9. The summed E-state index contributed by atoms with van der Waals surface area (Å²) in [7, 11) is 0. The molecule has 3 rings (SSSR count). The lowest BCUT2D eigenvalue weighted by Crippen LogP contribution is -2.40. The maximum absolute atomic E-state index is 12.2. The van der Waals surface area contributed by atoms with Crippen LogP contribution in [0.2, 0.25) is 0 Å². The zero-order valence-corrected chi connectivity index (χ0v) is 15.8. The molecule has 148 valence electrons. The highest BCUT2D eigenvalue weighted by molar-refractivity contribution is 5.93. The van der Waals surface area contributed by atoms with Gasteiger partial charge in [-0.25, -0.2) is 14.1 Å². The van der Waals surface area contributed by atoms with Gasteiger partial charge in [-0.15, -0.1) is 0 Å². The van der Waals surface area contributed by atoms with Gasteiger partial charge in [-0.3, -0.25) is 4.79 Å². The summed E-state index contributed by atoms with van der Waals surface area (Å²) in [6.07, 6.45) is 1.77. The van der Waals surface area contributed by atoms with Gasteiger partial charge in [0.05, 0.1) is 6.04 Å². The Labute approximate surface area is 164 Å². The highest BCUT2D eigenvalue weighted by atomic mass is 19.1. The van der Waals surface area contributed by atoms with Crippen LogP contribution >= 0.6 is 0 Å². The van der Waals surface area contributed by atoms with Crippen molar-refractivity contribution in [3.8, 4) is 0 Å². The number of rotatable bonds is 6. The maximum Gasteiger partial charge on any atom is 0.416 e. The first kappa shape index (κ1) is 21.3. The molecule has 0 bridgehead atoms. The number of cyclic esters (lactones) is 1. The van der Waals surface area contributed by atoms with E-state index in [0.29, 0.717) is 19.3 Å². The minimum absolute atomic E-state index is 0.162. The van der Waals surface area contributed by atoms with Gasteiger partial charge < -0.3 is 9.53 Å². The van der Waals surface area contributed by atoms with Crippen molar-refractivity contribution in [3.63, 3.8) is 0 Å². The van der Waals surface area contributed by atoms with E-state index in [1.54, 1.807) is 6.07 Å². The molecule has 0 saturated carbocycles. The largest absolute Gasteiger partial charge is 0.447 e. The van der Waals surface area contributed by atoms with Crippen LogP contribution in [0.15, 0.2) is 54.6 Å². The van der Waals surface area contributed by atoms with Gasteiger partial charge in [-0.2, -0.15) is 0 Å². The van der Waals surface area contributed by atoms with Crippen LogP contribution in [0.5, 0.6) is 0 Å². The van der Waals surface area contributed by atoms with E-state index in [4.69, 9.17) is 4.74 Å². The molecule has 0 spiro atoms. The smallest absolute Gasteiger partial charge is 0.416 e. The third-order valence-electron chi connectivity index (χ3n) is 4.24. The quantitative estimate of drug-likeness (QED) is 0.555. The van der Waals surface area contributed by atoms with Gasteiger partial charge >= 0.3 is 6.09 Å². The third kappa shape index (κ3) is 6.61. The standard InChI is InChI=1S/C15H17NO4.C7H7F/c17-9-5-4-8-14(18)16-13(11-20-15(16)19)10-12-6-2-1-3-7-12;1-6-3-2-4-7(8)5-6/h1-3,6-7,9,13H,4-5,8,10-11H2;2-5H,1H3/t13-;/m1./s1. The van der Waals surface area contributed by atoms with Crippen LogP contribution in [-0.4, -0.2) is 35.8 Å². The summed E-state index contributed by atoms with van der Waals surface area (Å²) < 4.78 is 17.1. The van der Waals surface area contributed by atoms with Gasteiger partial charge in [0, 0.05) is 12.8 Å². The van der Waals surface area contributed by atoms with E-state index >= 15 is 0 Å². The summed E-state index contributed by atoms with van der Waals surface area (Å²) in [5.74, 6) is -0.430. The van der Waals surface area contributed by atoms with Gasteiger partial charge in [0.25, 0.3) is 0 Å². The van der Waals surface area contributed by atoms with Crippen LogP contribution in [-0.2, 0) is 20.7 Å². The number of imide groups is 1. The Hall–Kier alpha value is -3.02. The number of halogens is 1. The molecule has 2 aromatic carbocycles. The molecule has 1 aliphatic rings. The predicted molar refractivity (Wildman–Crippen MR) is 103 cm³/mol. The van der Waals surface area contributed by atoms with Crippen molar-refractivity contribution in [2.45, 2.75) is 38.6 Å². The normalized spacial score (nSPS) is 15.4. The van der Waals surface area contributed by atoms with E-state index in [-0.39, 0.29) is 30.8 Å². The summed E-state index contributed by atoms with van der Waals surface area (Å²) in [5, 5.41) is 0. The fourth-order valence-electron chi connectivity index (χ4n) is 2.87. The number of carbonyl (C=O) groups is 3. The number of carbonyl (C=O) groups excluding carboxylic acids is 3. The molecule has 1 aliphatic heterocycles. The molecule has 0 unspecified atom stereocenters. The average molecular weight is 385 g/mol. The first-order valence-electron chi connectivity index (χ1n) is 9.20. The van der Waals surface area contributed by atoms with Gasteiger partial charge in [0.15, 0.2) is 0 Å². The van der Waals surface area contributed by atoms with Crippen molar-refractivity contribution in [2.24, 2.45) is 0 Å². The molecule has 1 fully saturated rings. The number of benzene rings is 2. The fraction of sp³-hybridized carbons (Fsp3) is 0.318. The second kappa shape index (κ2) is 11.0. The highest BCUT2D eigenvalue weighted by Crippen LogP contribution is 2.19. The summed E-state index contributed by atoms with van der Waals surface area (Å²) in [5.41, 5.74) is 2.02. The number of nitrogens with zero attached hydrogens (tertiary/aromatic N) is 1. The van der Waals surface area contributed by atoms with Crippen molar-refractivity contribution in [2.75, 3.05) is 6.61 Å². The Balaban J connectivity index is 0.000000292. The SMILES string of the molecule is Cc1cccc(F)c1.O=CCCCC(=O)N1C(=O)OC[C@H]1Cc1ccccc1. The molecular weight excluding hydrogens is 361 g/mol. The van der Waals surface area contributed by atoms with Gasteiger partial charge in [-0.1, -0.05) is 42.5 Å². The first-order chi connectivity index (χ1) is 13.5. The molecule has 1 saturated heterocycles. The second-order valence-corrected chi connectivity index (χ2v) is 6.54. The highest BCUT2D eigenvalue weighted by Gasteiger charge is 2.37. The average Bonchev–Trinajstić information content (AvgIpc) is 3.03. The number of amides is 2. The van der Waals surface area contributed by atoms with Crippen molar-refractivity contribution in [1.29, 1.82) is 0 Å². The molecule has 6 heteroatoms. The number of unbranched alkanes of at least 4 members (excludes halogenated alkanes) is 1. The van der Waals surface area contributed by atoms with E-state index in [9.17, 15) is 18.8 Å². The second-order valence-electron chi connectivity index (χ2n) is 6.54. The van der Waals surface area contributed by atoms with Crippen molar-refractivity contribution >= 4 is 18.3 Å². The lowest BCUT2D eigenvalue weighted by molar-refractivity contribution is -0.129. The maximum atomic E-state index is 12.2. The topological polar surface area (TPSA) is 63.7 Å². The molecule has 5 nitrogen and oxygen atoms in total. The fourth-order valence-corrected chi connectivity index (χ4v) is 2.87. The Morgan fingerprint density at radius 2 is 1.96 bits per heavy atom. The zero-order valence-electron chi connectivity index (χ0n) is 15.8. The Morgan fingerprint density at radius 1 is 1.21 bits per heavy atom. The number of ether oxygens (including phenoxy) is 1. The van der Waals surface area contributed by atoms with E-state index in [2.05, 4.69) is 0 Å². The molecule has 2 aromatic rings. The molecular formula is C22H24FNO4. The van der Waals surface area contributed by atoms with E-state index in [0.717, 1.165) is 17.4 Å². The van der Waals surface area contributed by atoms with Crippen LogP contribution < -0.4 is 0 Å². The number of hydrogen-bond donors (Lipinski definition) is 0. The van der Waals surface area contributed by atoms with Crippen LogP contribution in [0.25, 0.3) is 0 Å². The van der Waals surface area contributed by atoms with E-state index in [1.807, 2.05) is 43.3 Å². The van der Waals surface area contributed by atoms with Crippen LogP contribution in [0.3, 0.4) is 0 Å². The molecule has 0 aliphatic carbocycles. The Kier molecular flexibility index (Phi) is 8.34. The van der Waals surface area contributed by atoms with E-state index < -0.39 is 6.09 Å². The Morgan fingerprint density at radius 3 is 2.57 bits per heavy atom. The summed E-state index contributed by atoms with van der Waals surface area (Å²) in [6.45, 7) is 2.09. The Bertz CT molecular complexity index is 777. The van der Waals surface area contributed by atoms with Crippen molar-refractivity contribution in [3.05, 3.63) is 71.5 Å². The zero-order chi connectivity index (χ0) is 20.4. The lowest BCUT2D eigenvalue weighted by atomic mass is 10.1. The number of hydrogen-bond acceptors (Lipinski definition) is 4. The van der Waals surface area contributed by atoms with Gasteiger partial charge in [0.2, 0.25) is 5.91 Å². The molecule has 1 atom stereocenters. The monoisotopic (exact) mass is 385 g/mol. The number of aldehydes is 1. The summed E-state index contributed by atoms with van der Waals surface area (Å²) in [4.78, 5) is 35.2. The number of aryl methyl sites for hydroxylation is 1. The minimum Gasteiger partial charge on any atom is -0.447 e. The third-order valence-corrected chi connectivity index (χ3v) is 4.24. The molecule has 0 radical (unpaired) electrons. The molecule has 0 N–H and O–H groups in total. The van der Waals surface area contributed by atoms with Gasteiger partial charge in [0.1, 0.15) is 18.7 Å². The van der Waals surface area contributed by atoms with Gasteiger partial charge in [-0.05, 0) is 43.0 Å². The minimum atomic E-state index is -0.581. The molecule has 1 heterocycles. The van der Waals surface area contributed by atoms with Crippen LogP contribution in [0.4, 0.5) is 9.18 Å². The van der Waals surface area contributed by atoms with Crippen molar-refractivity contribution in [1.82, 2.24) is 4.90 Å². The predicted octanol–water partition coefficient (Wildman–Crippen LogP) is 4.08. The van der Waals surface area contributed by atoms with Crippen LogP contribution in [0, 0.1) is 12.7 Å².